The Morgan fingerprint density at radius 1 is 1.15 bits per heavy atom. The molecule has 1 N–H and O–H groups in total. The third-order valence-corrected chi connectivity index (χ3v) is 4.05. The Morgan fingerprint density at radius 3 is 2.50 bits per heavy atom. The van der Waals surface area contributed by atoms with Crippen molar-refractivity contribution in [3.8, 4) is 11.3 Å². The maximum atomic E-state index is 12.5. The molecule has 2 aromatic heterocycles. The highest BCUT2D eigenvalue weighted by atomic mass is 16.5. The summed E-state index contributed by atoms with van der Waals surface area (Å²) in [7, 11) is 0. The molecular formula is C19H21N5O2. The summed E-state index contributed by atoms with van der Waals surface area (Å²) in [4.78, 5) is 25.6. The number of aromatic nitrogens is 4. The lowest BCUT2D eigenvalue weighted by molar-refractivity contribution is 0.0927. The molecule has 0 saturated carbocycles. The van der Waals surface area contributed by atoms with E-state index in [1.807, 2.05) is 32.9 Å². The van der Waals surface area contributed by atoms with Crippen molar-refractivity contribution in [2.24, 2.45) is 0 Å². The SMILES string of the molecule is CC[C@@H](NC(=O)c1ccc(-c2nc(C)cnc2C)cc1)c1nc(C)no1. The normalized spacial score (nSPS) is 12.0. The number of carbonyl (C=O) groups excluding carboxylic acids is 1. The van der Waals surface area contributed by atoms with Crippen LogP contribution in [0.3, 0.4) is 0 Å². The van der Waals surface area contributed by atoms with Gasteiger partial charge in [0.05, 0.1) is 17.1 Å². The Bertz CT molecular complexity index is 918. The van der Waals surface area contributed by atoms with Gasteiger partial charge in [0, 0.05) is 17.3 Å². The zero-order chi connectivity index (χ0) is 18.7. The fourth-order valence-corrected chi connectivity index (χ4v) is 2.63. The van der Waals surface area contributed by atoms with Crippen molar-refractivity contribution in [2.45, 2.75) is 40.2 Å². The average Bonchev–Trinajstić information content (AvgIpc) is 3.08. The Labute approximate surface area is 151 Å². The van der Waals surface area contributed by atoms with Crippen LogP contribution in [0.2, 0.25) is 0 Å². The number of benzene rings is 1. The molecule has 0 bridgehead atoms. The Morgan fingerprint density at radius 2 is 1.88 bits per heavy atom. The Balaban J connectivity index is 1.77. The van der Waals surface area contributed by atoms with E-state index < -0.39 is 0 Å². The fourth-order valence-electron chi connectivity index (χ4n) is 2.63. The molecular weight excluding hydrogens is 330 g/mol. The molecule has 3 aromatic rings. The van der Waals surface area contributed by atoms with E-state index in [-0.39, 0.29) is 11.9 Å². The molecule has 7 heteroatoms. The number of nitrogens with zero attached hydrogens (tertiary/aromatic N) is 4. The van der Waals surface area contributed by atoms with Crippen LogP contribution < -0.4 is 5.32 Å². The van der Waals surface area contributed by atoms with Crippen molar-refractivity contribution >= 4 is 5.91 Å². The fraction of sp³-hybridized carbons (Fsp3) is 0.316. The van der Waals surface area contributed by atoms with Gasteiger partial charge in [-0.3, -0.25) is 9.78 Å². The summed E-state index contributed by atoms with van der Waals surface area (Å²) in [5, 5.41) is 6.70. The summed E-state index contributed by atoms with van der Waals surface area (Å²) >= 11 is 0. The molecule has 7 nitrogen and oxygen atoms in total. The van der Waals surface area contributed by atoms with Gasteiger partial charge in [0.15, 0.2) is 5.82 Å². The highest BCUT2D eigenvalue weighted by molar-refractivity contribution is 5.94. The number of carbonyl (C=O) groups is 1. The molecule has 26 heavy (non-hydrogen) atoms. The van der Waals surface area contributed by atoms with Crippen molar-refractivity contribution in [1.29, 1.82) is 0 Å². The van der Waals surface area contributed by atoms with Gasteiger partial charge in [0.2, 0.25) is 5.89 Å². The summed E-state index contributed by atoms with van der Waals surface area (Å²) < 4.78 is 5.16. The molecule has 1 atom stereocenters. The highest BCUT2D eigenvalue weighted by Gasteiger charge is 2.19. The van der Waals surface area contributed by atoms with Crippen molar-refractivity contribution in [2.75, 3.05) is 0 Å². The molecule has 0 fully saturated rings. The summed E-state index contributed by atoms with van der Waals surface area (Å²) in [5.74, 6) is 0.776. The second kappa shape index (κ2) is 7.43. The molecule has 0 aliphatic heterocycles. The van der Waals surface area contributed by atoms with Crippen LogP contribution >= 0.6 is 0 Å². The molecule has 0 aliphatic carbocycles. The van der Waals surface area contributed by atoms with Crippen molar-refractivity contribution < 1.29 is 9.32 Å². The molecule has 0 saturated heterocycles. The maximum absolute atomic E-state index is 12.5. The maximum Gasteiger partial charge on any atom is 0.251 e. The van der Waals surface area contributed by atoms with E-state index in [2.05, 4.69) is 25.4 Å². The first kappa shape index (κ1) is 17.7. The quantitative estimate of drug-likeness (QED) is 0.758. The number of rotatable bonds is 5. The third kappa shape index (κ3) is 3.77. The van der Waals surface area contributed by atoms with Gasteiger partial charge in [-0.05, 0) is 39.3 Å². The van der Waals surface area contributed by atoms with Crippen molar-refractivity contribution in [3.63, 3.8) is 0 Å². The van der Waals surface area contributed by atoms with Gasteiger partial charge in [-0.15, -0.1) is 0 Å². The van der Waals surface area contributed by atoms with Crippen LogP contribution in [0.4, 0.5) is 0 Å². The molecule has 1 amide bonds. The standard InChI is InChI=1S/C19H21N5O2/c1-5-16(19-22-13(4)24-26-19)23-18(25)15-8-6-14(7-9-15)17-12(3)20-10-11(2)21-17/h6-10,16H,5H2,1-4H3,(H,23,25)/t16-/m1/s1. The number of aryl methyl sites for hydroxylation is 3. The predicted octanol–water partition coefficient (Wildman–Crippen LogP) is 3.33. The largest absolute Gasteiger partial charge is 0.340 e. The molecule has 1 aromatic carbocycles. The molecule has 2 heterocycles. The summed E-state index contributed by atoms with van der Waals surface area (Å²) in [5.41, 5.74) is 4.01. The number of hydrogen-bond acceptors (Lipinski definition) is 6. The number of amides is 1. The van der Waals surface area contributed by atoms with Gasteiger partial charge in [-0.1, -0.05) is 24.2 Å². The van der Waals surface area contributed by atoms with Crippen LogP contribution in [-0.4, -0.2) is 26.0 Å². The Hall–Kier alpha value is -3.09. The second-order valence-electron chi connectivity index (χ2n) is 6.14. The van der Waals surface area contributed by atoms with Gasteiger partial charge in [0.1, 0.15) is 6.04 Å². The first-order chi connectivity index (χ1) is 12.5. The topological polar surface area (TPSA) is 93.8 Å². The van der Waals surface area contributed by atoms with E-state index in [4.69, 9.17) is 4.52 Å². The van der Waals surface area contributed by atoms with Crippen LogP contribution in [0, 0.1) is 20.8 Å². The van der Waals surface area contributed by atoms with Crippen LogP contribution in [0.5, 0.6) is 0 Å². The number of hydrogen-bond donors (Lipinski definition) is 1. The van der Waals surface area contributed by atoms with Gasteiger partial charge in [-0.25, -0.2) is 4.98 Å². The number of nitrogens with one attached hydrogen (secondary N) is 1. The highest BCUT2D eigenvalue weighted by Crippen LogP contribution is 2.21. The predicted molar refractivity (Wildman–Crippen MR) is 96.5 cm³/mol. The van der Waals surface area contributed by atoms with Crippen LogP contribution in [0.1, 0.15) is 52.8 Å². The summed E-state index contributed by atoms with van der Waals surface area (Å²) in [6.07, 6.45) is 2.40. The van der Waals surface area contributed by atoms with Crippen molar-refractivity contribution in [1.82, 2.24) is 25.4 Å². The van der Waals surface area contributed by atoms with Crippen LogP contribution in [0.15, 0.2) is 35.0 Å². The van der Waals surface area contributed by atoms with Gasteiger partial charge < -0.3 is 9.84 Å². The first-order valence-electron chi connectivity index (χ1n) is 8.49. The second-order valence-corrected chi connectivity index (χ2v) is 6.14. The molecule has 134 valence electrons. The first-order valence-corrected chi connectivity index (χ1v) is 8.49. The monoisotopic (exact) mass is 351 g/mol. The van der Waals surface area contributed by atoms with E-state index >= 15 is 0 Å². The van der Waals surface area contributed by atoms with Crippen LogP contribution in [0.25, 0.3) is 11.3 Å². The Kier molecular flexibility index (Phi) is 5.06. The summed E-state index contributed by atoms with van der Waals surface area (Å²) in [6.45, 7) is 7.52. The minimum atomic E-state index is -0.312. The lowest BCUT2D eigenvalue weighted by Crippen LogP contribution is -2.28. The van der Waals surface area contributed by atoms with E-state index in [0.717, 1.165) is 22.6 Å². The molecule has 0 aliphatic rings. The van der Waals surface area contributed by atoms with E-state index in [9.17, 15) is 4.79 Å². The minimum absolute atomic E-state index is 0.189. The van der Waals surface area contributed by atoms with E-state index in [1.165, 1.54) is 0 Å². The summed E-state index contributed by atoms with van der Waals surface area (Å²) in [6, 6.07) is 7.00. The zero-order valence-electron chi connectivity index (χ0n) is 15.3. The van der Waals surface area contributed by atoms with E-state index in [0.29, 0.717) is 23.7 Å². The van der Waals surface area contributed by atoms with Crippen molar-refractivity contribution in [3.05, 3.63) is 59.1 Å². The lowest BCUT2D eigenvalue weighted by Gasteiger charge is -2.13. The molecule has 3 rings (SSSR count). The molecule has 0 radical (unpaired) electrons. The minimum Gasteiger partial charge on any atom is -0.340 e. The molecule has 0 unspecified atom stereocenters. The van der Waals surface area contributed by atoms with Crippen LogP contribution in [-0.2, 0) is 0 Å². The third-order valence-electron chi connectivity index (χ3n) is 4.05. The van der Waals surface area contributed by atoms with E-state index in [1.54, 1.807) is 25.3 Å². The average molecular weight is 351 g/mol. The molecule has 0 spiro atoms. The van der Waals surface area contributed by atoms with Gasteiger partial charge in [-0.2, -0.15) is 4.98 Å². The van der Waals surface area contributed by atoms with Gasteiger partial charge in [0.25, 0.3) is 5.91 Å². The van der Waals surface area contributed by atoms with Gasteiger partial charge >= 0.3 is 0 Å². The zero-order valence-corrected chi connectivity index (χ0v) is 15.3. The smallest absolute Gasteiger partial charge is 0.251 e. The lowest BCUT2D eigenvalue weighted by atomic mass is 10.1.